The van der Waals surface area contributed by atoms with E-state index in [-0.39, 0.29) is 13.4 Å². The molecule has 7 heteroatoms. The zero-order valence-electron chi connectivity index (χ0n) is 16.5. The van der Waals surface area contributed by atoms with Crippen LogP contribution in [-0.4, -0.2) is 13.9 Å². The van der Waals surface area contributed by atoms with Crippen LogP contribution in [0.2, 0.25) is 10.0 Å². The van der Waals surface area contributed by atoms with E-state index < -0.39 is 0 Å². The lowest BCUT2D eigenvalue weighted by molar-refractivity contribution is 0.174. The highest BCUT2D eigenvalue weighted by Gasteiger charge is 2.15. The fourth-order valence-corrected chi connectivity index (χ4v) is 3.56. The molecule has 0 bridgehead atoms. The summed E-state index contributed by atoms with van der Waals surface area (Å²) in [7, 11) is 1.56. The van der Waals surface area contributed by atoms with Gasteiger partial charge in [-0.05, 0) is 59.7 Å². The van der Waals surface area contributed by atoms with Crippen molar-refractivity contribution in [2.75, 3.05) is 13.9 Å². The molecule has 3 aromatic carbocycles. The van der Waals surface area contributed by atoms with Crippen molar-refractivity contribution in [1.29, 1.82) is 5.26 Å². The number of hydrogen-bond acceptors (Lipinski definition) is 5. The molecule has 3 aromatic rings. The first-order valence-corrected chi connectivity index (χ1v) is 10.1. The van der Waals surface area contributed by atoms with Crippen LogP contribution in [-0.2, 0) is 6.61 Å². The van der Waals surface area contributed by atoms with Crippen LogP contribution in [0, 0.1) is 11.3 Å². The number of benzene rings is 3. The fraction of sp³-hybridized carbons (Fsp3) is 0.125. The molecule has 0 aliphatic carbocycles. The van der Waals surface area contributed by atoms with Crippen LogP contribution in [0.4, 0.5) is 0 Å². The lowest BCUT2D eigenvalue weighted by atomic mass is 10.0. The van der Waals surface area contributed by atoms with Crippen LogP contribution in [0.5, 0.6) is 23.0 Å². The van der Waals surface area contributed by atoms with Gasteiger partial charge < -0.3 is 18.9 Å². The van der Waals surface area contributed by atoms with Crippen molar-refractivity contribution >= 4 is 34.9 Å². The van der Waals surface area contributed by atoms with Gasteiger partial charge >= 0.3 is 0 Å². The van der Waals surface area contributed by atoms with E-state index in [2.05, 4.69) is 6.07 Å². The first-order chi connectivity index (χ1) is 15.1. The topological polar surface area (TPSA) is 60.7 Å². The molecule has 0 radical (unpaired) electrons. The maximum Gasteiger partial charge on any atom is 0.231 e. The standard InChI is InChI=1S/C24H17Cl2NO4/c1-28-23-9-15(2-6-21(23)29-13-17-3-5-19(25)11-20(17)26)8-18(12-27)16-4-7-22-24(10-16)31-14-30-22/h2-11H,13-14H2,1H3/b18-8-. The normalized spacial score (nSPS) is 12.4. The molecule has 0 atom stereocenters. The zero-order valence-corrected chi connectivity index (χ0v) is 18.0. The highest BCUT2D eigenvalue weighted by Crippen LogP contribution is 2.36. The van der Waals surface area contributed by atoms with Gasteiger partial charge in [0.1, 0.15) is 6.61 Å². The van der Waals surface area contributed by atoms with Crippen molar-refractivity contribution in [3.63, 3.8) is 0 Å². The third-order valence-corrected chi connectivity index (χ3v) is 5.29. The highest BCUT2D eigenvalue weighted by atomic mass is 35.5. The smallest absolute Gasteiger partial charge is 0.231 e. The van der Waals surface area contributed by atoms with E-state index in [4.69, 9.17) is 42.1 Å². The number of rotatable bonds is 6. The molecule has 0 N–H and O–H groups in total. The van der Waals surface area contributed by atoms with Gasteiger partial charge in [-0.25, -0.2) is 0 Å². The first kappa shape index (κ1) is 20.9. The number of methoxy groups -OCH3 is 1. The van der Waals surface area contributed by atoms with Gasteiger partial charge in [-0.1, -0.05) is 35.3 Å². The Morgan fingerprint density at radius 3 is 2.65 bits per heavy atom. The number of ether oxygens (including phenoxy) is 4. The van der Waals surface area contributed by atoms with E-state index in [0.717, 1.165) is 16.7 Å². The Bertz CT molecular complexity index is 1200. The first-order valence-electron chi connectivity index (χ1n) is 9.34. The molecular formula is C24H17Cl2NO4. The van der Waals surface area contributed by atoms with Gasteiger partial charge in [0.15, 0.2) is 23.0 Å². The third kappa shape index (κ3) is 4.72. The Hall–Kier alpha value is -3.33. The molecule has 31 heavy (non-hydrogen) atoms. The molecule has 0 fully saturated rings. The maximum absolute atomic E-state index is 9.66. The summed E-state index contributed by atoms with van der Waals surface area (Å²) in [5.41, 5.74) is 2.83. The molecule has 1 aliphatic heterocycles. The zero-order chi connectivity index (χ0) is 21.8. The van der Waals surface area contributed by atoms with Gasteiger partial charge in [0.25, 0.3) is 0 Å². The predicted molar refractivity (Wildman–Crippen MR) is 120 cm³/mol. The van der Waals surface area contributed by atoms with Crippen molar-refractivity contribution in [2.24, 2.45) is 0 Å². The lowest BCUT2D eigenvalue weighted by Crippen LogP contribution is -1.98. The molecule has 5 nitrogen and oxygen atoms in total. The summed E-state index contributed by atoms with van der Waals surface area (Å²) in [5.74, 6) is 2.40. The number of halogens is 2. The van der Waals surface area contributed by atoms with Gasteiger partial charge in [0.05, 0.1) is 18.8 Å². The average Bonchev–Trinajstić information content (AvgIpc) is 3.25. The Morgan fingerprint density at radius 1 is 1.03 bits per heavy atom. The Balaban J connectivity index is 1.56. The number of fused-ring (bicyclic) bond motifs is 1. The summed E-state index contributed by atoms with van der Waals surface area (Å²) in [6.07, 6.45) is 1.78. The number of hydrogen-bond donors (Lipinski definition) is 0. The molecular weight excluding hydrogens is 437 g/mol. The molecule has 156 valence electrons. The molecule has 0 unspecified atom stereocenters. The largest absolute Gasteiger partial charge is 0.493 e. The minimum atomic E-state index is 0.185. The Morgan fingerprint density at radius 2 is 1.87 bits per heavy atom. The third-order valence-electron chi connectivity index (χ3n) is 4.70. The van der Waals surface area contributed by atoms with Crippen LogP contribution in [0.1, 0.15) is 16.7 Å². The van der Waals surface area contributed by atoms with Crippen LogP contribution in [0.25, 0.3) is 11.6 Å². The van der Waals surface area contributed by atoms with E-state index in [1.807, 2.05) is 24.3 Å². The Labute approximate surface area is 189 Å². The average molecular weight is 454 g/mol. The molecule has 4 rings (SSSR count). The minimum Gasteiger partial charge on any atom is -0.493 e. The number of nitriles is 1. The molecule has 0 spiro atoms. The van der Waals surface area contributed by atoms with Gasteiger partial charge in [0, 0.05) is 15.6 Å². The second-order valence-electron chi connectivity index (χ2n) is 6.67. The molecule has 1 heterocycles. The quantitative estimate of drug-likeness (QED) is 0.320. The summed E-state index contributed by atoms with van der Waals surface area (Å²) in [4.78, 5) is 0. The number of allylic oxidation sites excluding steroid dienone is 1. The molecule has 0 aromatic heterocycles. The summed E-state index contributed by atoms with van der Waals surface area (Å²) in [5, 5.41) is 10.8. The second kappa shape index (κ2) is 9.22. The highest BCUT2D eigenvalue weighted by molar-refractivity contribution is 6.35. The van der Waals surface area contributed by atoms with Crippen molar-refractivity contribution < 1.29 is 18.9 Å². The van der Waals surface area contributed by atoms with Crippen molar-refractivity contribution in [3.05, 3.63) is 81.3 Å². The lowest BCUT2D eigenvalue weighted by Gasteiger charge is -2.12. The van der Waals surface area contributed by atoms with Crippen LogP contribution in [0.3, 0.4) is 0 Å². The van der Waals surface area contributed by atoms with E-state index in [1.54, 1.807) is 43.5 Å². The van der Waals surface area contributed by atoms with Crippen LogP contribution < -0.4 is 18.9 Å². The summed E-state index contributed by atoms with van der Waals surface area (Å²) < 4.78 is 22.1. The Kier molecular flexibility index (Phi) is 6.22. The summed E-state index contributed by atoms with van der Waals surface area (Å²) >= 11 is 12.1. The van der Waals surface area contributed by atoms with Gasteiger partial charge in [-0.15, -0.1) is 0 Å². The monoisotopic (exact) mass is 453 g/mol. The van der Waals surface area contributed by atoms with E-state index in [1.165, 1.54) is 0 Å². The van der Waals surface area contributed by atoms with Crippen molar-refractivity contribution in [3.8, 4) is 29.1 Å². The van der Waals surface area contributed by atoms with E-state index in [9.17, 15) is 5.26 Å². The number of nitrogens with zero attached hydrogens (tertiary/aromatic N) is 1. The molecule has 0 saturated heterocycles. The van der Waals surface area contributed by atoms with Crippen molar-refractivity contribution in [1.82, 2.24) is 0 Å². The van der Waals surface area contributed by atoms with Gasteiger partial charge in [-0.3, -0.25) is 0 Å². The summed E-state index contributed by atoms with van der Waals surface area (Å²) in [6, 6.07) is 18.4. The molecule has 1 aliphatic rings. The van der Waals surface area contributed by atoms with Gasteiger partial charge in [-0.2, -0.15) is 5.26 Å². The van der Waals surface area contributed by atoms with Crippen molar-refractivity contribution in [2.45, 2.75) is 6.61 Å². The molecule has 0 amide bonds. The summed E-state index contributed by atoms with van der Waals surface area (Å²) in [6.45, 7) is 0.451. The molecule has 0 saturated carbocycles. The van der Waals surface area contributed by atoms with E-state index >= 15 is 0 Å². The maximum atomic E-state index is 9.66. The second-order valence-corrected chi connectivity index (χ2v) is 7.52. The van der Waals surface area contributed by atoms with Crippen LogP contribution in [0.15, 0.2) is 54.6 Å². The van der Waals surface area contributed by atoms with Gasteiger partial charge in [0.2, 0.25) is 6.79 Å². The fourth-order valence-electron chi connectivity index (χ4n) is 3.10. The predicted octanol–water partition coefficient (Wildman–Crippen LogP) is 6.37. The van der Waals surface area contributed by atoms with Crippen LogP contribution >= 0.6 is 23.2 Å². The SMILES string of the molecule is COc1cc(/C=C(/C#N)c2ccc3c(c2)OCO3)ccc1OCc1ccc(Cl)cc1Cl. The van der Waals surface area contributed by atoms with E-state index in [0.29, 0.717) is 38.6 Å². The minimum absolute atomic E-state index is 0.185.